The predicted octanol–water partition coefficient (Wildman–Crippen LogP) is -0.385. The standard InChI is InChI=1S/C11H16N4O10P2S/c1-22-2-5-8(24-27(20,21)25-26(17,18)19)7(16)11(23-5)15-4-14-6-9(15)12-3-13-10(6)28/h3-5,7-8,11,16H,2H2,1H3,(H,20,21)(H,12,13,28)(H2,17,18,19)/t5-,7-,8-,11-/m1/s1. The monoisotopic (exact) mass is 458 g/mol. The minimum atomic E-state index is -5.33. The normalized spacial score (nSPS) is 27.9. The smallest absolute Gasteiger partial charge is 0.386 e. The number of nitrogens with zero attached hydrogens (tertiary/aromatic N) is 4. The zero-order valence-corrected chi connectivity index (χ0v) is 16.7. The summed E-state index contributed by atoms with van der Waals surface area (Å²) in [7, 11) is -9.26. The first-order valence-corrected chi connectivity index (χ1v) is 11.0. The molecule has 0 radical (unpaired) electrons. The van der Waals surface area contributed by atoms with Crippen molar-refractivity contribution in [2.24, 2.45) is 0 Å². The van der Waals surface area contributed by atoms with Crippen LogP contribution in [0.5, 0.6) is 0 Å². The molecular weight excluding hydrogens is 442 g/mol. The van der Waals surface area contributed by atoms with E-state index >= 15 is 0 Å². The molecule has 0 saturated carbocycles. The Morgan fingerprint density at radius 1 is 1.29 bits per heavy atom. The highest BCUT2D eigenvalue weighted by Crippen LogP contribution is 2.59. The number of thiol groups is 1. The third-order valence-electron chi connectivity index (χ3n) is 3.72. The van der Waals surface area contributed by atoms with E-state index < -0.39 is 40.2 Å². The van der Waals surface area contributed by atoms with E-state index in [1.807, 2.05) is 0 Å². The van der Waals surface area contributed by atoms with Crippen LogP contribution in [0.1, 0.15) is 6.23 Å². The van der Waals surface area contributed by atoms with Crippen molar-refractivity contribution in [3.8, 4) is 0 Å². The van der Waals surface area contributed by atoms with Gasteiger partial charge < -0.3 is 29.3 Å². The number of hydrogen-bond acceptors (Lipinski definition) is 11. The van der Waals surface area contributed by atoms with Gasteiger partial charge in [-0.3, -0.25) is 9.09 Å². The molecule has 0 aliphatic carbocycles. The van der Waals surface area contributed by atoms with Gasteiger partial charge in [0.1, 0.15) is 35.2 Å². The van der Waals surface area contributed by atoms with Gasteiger partial charge in [-0.05, 0) is 0 Å². The summed E-state index contributed by atoms with van der Waals surface area (Å²) in [6.45, 7) is -0.173. The van der Waals surface area contributed by atoms with Gasteiger partial charge in [-0.25, -0.2) is 24.1 Å². The lowest BCUT2D eigenvalue weighted by molar-refractivity contribution is -0.0577. The van der Waals surface area contributed by atoms with E-state index in [1.54, 1.807) is 0 Å². The fourth-order valence-corrected chi connectivity index (χ4v) is 4.72. The van der Waals surface area contributed by atoms with Gasteiger partial charge in [0, 0.05) is 7.11 Å². The van der Waals surface area contributed by atoms with Crippen molar-refractivity contribution in [3.05, 3.63) is 12.7 Å². The van der Waals surface area contributed by atoms with Crippen LogP contribution in [0.25, 0.3) is 11.2 Å². The second kappa shape index (κ2) is 8.05. The second-order valence-corrected chi connectivity index (χ2v) is 8.85. The predicted molar refractivity (Wildman–Crippen MR) is 92.2 cm³/mol. The number of phosphoric acid groups is 2. The van der Waals surface area contributed by atoms with Crippen LogP contribution in [-0.4, -0.2) is 71.3 Å². The van der Waals surface area contributed by atoms with E-state index in [0.29, 0.717) is 5.52 Å². The molecule has 14 nitrogen and oxygen atoms in total. The molecular formula is C11H16N4O10P2S. The molecule has 0 aromatic carbocycles. The number of imidazole rings is 1. The molecule has 156 valence electrons. The van der Waals surface area contributed by atoms with Gasteiger partial charge in [-0.1, -0.05) is 0 Å². The fraction of sp³-hybridized carbons (Fsp3) is 0.545. The van der Waals surface area contributed by atoms with E-state index in [-0.39, 0.29) is 17.3 Å². The van der Waals surface area contributed by atoms with Crippen molar-refractivity contribution in [2.75, 3.05) is 13.7 Å². The Morgan fingerprint density at radius 2 is 2.00 bits per heavy atom. The molecule has 2 aromatic heterocycles. The van der Waals surface area contributed by atoms with Crippen LogP contribution < -0.4 is 0 Å². The first-order chi connectivity index (χ1) is 13.0. The van der Waals surface area contributed by atoms with Crippen LogP contribution in [0.15, 0.2) is 17.7 Å². The number of aliphatic hydroxyl groups excluding tert-OH is 1. The van der Waals surface area contributed by atoms with E-state index in [2.05, 4.69) is 31.9 Å². The number of fused-ring (bicyclic) bond motifs is 1. The SMILES string of the molecule is COC[C@H]1O[C@@H](n2cnc3c(S)ncnc32)[C@H](O)[C@@H]1OP(=O)(O)OP(=O)(O)O. The largest absolute Gasteiger partial charge is 0.481 e. The summed E-state index contributed by atoms with van der Waals surface area (Å²) < 4.78 is 43.2. The third-order valence-corrected chi connectivity index (χ3v) is 6.23. The molecule has 5 atom stereocenters. The van der Waals surface area contributed by atoms with Gasteiger partial charge in [0.2, 0.25) is 0 Å². The summed E-state index contributed by atoms with van der Waals surface area (Å²) in [6, 6.07) is 0. The van der Waals surface area contributed by atoms with Gasteiger partial charge in [0.05, 0.1) is 12.9 Å². The Labute approximate surface area is 162 Å². The highest BCUT2D eigenvalue weighted by molar-refractivity contribution is 7.80. The van der Waals surface area contributed by atoms with Crippen LogP contribution in [0.2, 0.25) is 0 Å². The van der Waals surface area contributed by atoms with Crippen molar-refractivity contribution < 1.29 is 47.2 Å². The summed E-state index contributed by atoms with van der Waals surface area (Å²) >= 11 is 4.16. The van der Waals surface area contributed by atoms with Crippen molar-refractivity contribution in [2.45, 2.75) is 29.6 Å². The number of hydrogen-bond donors (Lipinski definition) is 5. The topological polar surface area (TPSA) is 196 Å². The third kappa shape index (κ3) is 4.61. The lowest BCUT2D eigenvalue weighted by Crippen LogP contribution is -2.35. The molecule has 3 rings (SSSR count). The molecule has 4 N–H and O–H groups in total. The molecule has 0 bridgehead atoms. The summed E-state index contributed by atoms with van der Waals surface area (Å²) in [6.07, 6.45) is -2.84. The number of aliphatic hydroxyl groups is 1. The average Bonchev–Trinajstić information content (AvgIpc) is 3.10. The van der Waals surface area contributed by atoms with Gasteiger partial charge >= 0.3 is 15.6 Å². The number of ether oxygens (including phenoxy) is 2. The summed E-state index contributed by atoms with van der Waals surface area (Å²) in [4.78, 5) is 39.1. The molecule has 28 heavy (non-hydrogen) atoms. The number of aromatic nitrogens is 4. The second-order valence-electron chi connectivity index (χ2n) is 5.64. The average molecular weight is 458 g/mol. The van der Waals surface area contributed by atoms with E-state index in [9.17, 15) is 19.1 Å². The van der Waals surface area contributed by atoms with E-state index in [0.717, 1.165) is 0 Å². The molecule has 1 aliphatic rings. The lowest BCUT2D eigenvalue weighted by Gasteiger charge is -2.22. The Morgan fingerprint density at radius 3 is 2.64 bits per heavy atom. The van der Waals surface area contributed by atoms with Crippen molar-refractivity contribution in [3.63, 3.8) is 0 Å². The highest BCUT2D eigenvalue weighted by Gasteiger charge is 2.50. The minimum absolute atomic E-state index is 0.173. The summed E-state index contributed by atoms with van der Waals surface area (Å²) in [5.74, 6) is 0. The minimum Gasteiger partial charge on any atom is -0.386 e. The summed E-state index contributed by atoms with van der Waals surface area (Å²) in [5.41, 5.74) is 0.589. The maximum absolute atomic E-state index is 11.9. The molecule has 2 aromatic rings. The first kappa shape index (κ1) is 21.7. The van der Waals surface area contributed by atoms with Gasteiger partial charge in [0.25, 0.3) is 0 Å². The summed E-state index contributed by atoms with van der Waals surface area (Å²) in [5, 5.41) is 10.9. The highest BCUT2D eigenvalue weighted by atomic mass is 32.1. The molecule has 1 fully saturated rings. The van der Waals surface area contributed by atoms with Gasteiger partial charge in [0.15, 0.2) is 11.9 Å². The molecule has 0 amide bonds. The Hall–Kier alpha value is -0.960. The van der Waals surface area contributed by atoms with Crippen LogP contribution in [0.3, 0.4) is 0 Å². The Kier molecular flexibility index (Phi) is 6.25. The van der Waals surface area contributed by atoms with Crippen molar-refractivity contribution in [1.82, 2.24) is 19.5 Å². The van der Waals surface area contributed by atoms with Crippen LogP contribution in [-0.2, 0) is 27.4 Å². The molecule has 1 saturated heterocycles. The number of methoxy groups -OCH3 is 1. The molecule has 17 heteroatoms. The zero-order valence-electron chi connectivity index (χ0n) is 14.0. The fourth-order valence-electron chi connectivity index (χ4n) is 2.71. The van der Waals surface area contributed by atoms with E-state index in [1.165, 1.54) is 24.3 Å². The Bertz CT molecular complexity index is 953. The van der Waals surface area contributed by atoms with Gasteiger partial charge in [-0.2, -0.15) is 4.31 Å². The zero-order chi connectivity index (χ0) is 20.7. The quantitative estimate of drug-likeness (QED) is 0.205. The van der Waals surface area contributed by atoms with Gasteiger partial charge in [-0.15, -0.1) is 12.6 Å². The number of rotatable bonds is 7. The maximum Gasteiger partial charge on any atom is 0.481 e. The van der Waals surface area contributed by atoms with Crippen LogP contribution in [0.4, 0.5) is 0 Å². The number of phosphoric ester groups is 1. The lowest BCUT2D eigenvalue weighted by atomic mass is 10.1. The first-order valence-electron chi connectivity index (χ1n) is 7.49. The van der Waals surface area contributed by atoms with E-state index in [4.69, 9.17) is 23.8 Å². The molecule has 1 aliphatic heterocycles. The Balaban J connectivity index is 1.90. The molecule has 1 unspecified atom stereocenters. The molecule has 3 heterocycles. The van der Waals surface area contributed by atoms with Crippen LogP contribution >= 0.6 is 28.3 Å². The maximum atomic E-state index is 11.9. The van der Waals surface area contributed by atoms with Crippen molar-refractivity contribution in [1.29, 1.82) is 0 Å². The van der Waals surface area contributed by atoms with Crippen LogP contribution in [0, 0.1) is 0 Å². The molecule has 0 spiro atoms. The van der Waals surface area contributed by atoms with Crippen molar-refractivity contribution >= 4 is 39.4 Å².